The van der Waals surface area contributed by atoms with Crippen molar-refractivity contribution in [1.29, 1.82) is 0 Å². The van der Waals surface area contributed by atoms with Gasteiger partial charge in [-0.2, -0.15) is 14.1 Å². The number of hydrogen-bond acceptors (Lipinski definition) is 3. The van der Waals surface area contributed by atoms with Crippen LogP contribution in [0.15, 0.2) is 59.5 Å². The van der Waals surface area contributed by atoms with E-state index in [1.54, 1.807) is 24.3 Å². The minimum absolute atomic E-state index is 0.0829. The summed E-state index contributed by atoms with van der Waals surface area (Å²) >= 11 is 0. The summed E-state index contributed by atoms with van der Waals surface area (Å²) in [5.74, 6) is 0. The lowest BCUT2D eigenvalue weighted by atomic mass is 10.2. The van der Waals surface area contributed by atoms with E-state index in [-0.39, 0.29) is 11.5 Å². The van der Waals surface area contributed by atoms with Crippen LogP contribution in [0.1, 0.15) is 11.3 Å². The molecule has 3 rings (SSSR count). The van der Waals surface area contributed by atoms with Gasteiger partial charge in [0.15, 0.2) is 0 Å². The summed E-state index contributed by atoms with van der Waals surface area (Å²) in [6, 6.07) is 16.4. The highest BCUT2D eigenvalue weighted by atomic mass is 32.2. The molecule has 22 heavy (non-hydrogen) atoms. The Bertz CT molecular complexity index is 847. The summed E-state index contributed by atoms with van der Waals surface area (Å²) in [7, 11) is -3.71. The molecule has 0 N–H and O–H groups in total. The van der Waals surface area contributed by atoms with Crippen LogP contribution in [0.25, 0.3) is 10.9 Å². The van der Waals surface area contributed by atoms with Crippen molar-refractivity contribution in [3.63, 3.8) is 0 Å². The van der Waals surface area contributed by atoms with Gasteiger partial charge in [0.1, 0.15) is 0 Å². The second-order valence-electron chi connectivity index (χ2n) is 5.15. The third-order valence-electron chi connectivity index (χ3n) is 3.43. The molecule has 3 aromatic rings. The molecule has 0 saturated carbocycles. The predicted molar refractivity (Wildman–Crippen MR) is 85.3 cm³/mol. The quantitative estimate of drug-likeness (QED) is 0.679. The third-order valence-corrected chi connectivity index (χ3v) is 4.76. The molecule has 0 unspecified atom stereocenters. The summed E-state index contributed by atoms with van der Waals surface area (Å²) in [5.41, 5.74) is 2.76. The number of hydrogen-bond donors (Lipinski definition) is 0. The average Bonchev–Trinajstić information content (AvgIpc) is 2.90. The molecular weight excluding hydrogens is 298 g/mol. The molecule has 0 bridgehead atoms. The number of nitrogens with zero attached hydrogens (tertiary/aromatic N) is 1. The highest BCUT2D eigenvalue weighted by Crippen LogP contribution is 2.16. The zero-order chi connectivity index (χ0) is 15.6. The van der Waals surface area contributed by atoms with Crippen LogP contribution in [0.2, 0.25) is 0 Å². The molecule has 0 atom stereocenters. The SMILES string of the molecule is Cc1ccc(S(=O)(=O)OCCc2cc3ccccc3[n-]2)cc1. The van der Waals surface area contributed by atoms with Crippen molar-refractivity contribution in [3.05, 3.63) is 65.9 Å². The monoisotopic (exact) mass is 314 g/mol. The van der Waals surface area contributed by atoms with Crippen molar-refractivity contribution in [2.75, 3.05) is 6.61 Å². The van der Waals surface area contributed by atoms with E-state index in [1.807, 2.05) is 37.3 Å². The van der Waals surface area contributed by atoms with E-state index in [9.17, 15) is 8.42 Å². The lowest BCUT2D eigenvalue weighted by Crippen LogP contribution is -2.09. The van der Waals surface area contributed by atoms with Crippen LogP contribution < -0.4 is 4.98 Å². The lowest BCUT2D eigenvalue weighted by Gasteiger charge is -2.08. The van der Waals surface area contributed by atoms with Crippen LogP contribution in [0.5, 0.6) is 0 Å². The molecule has 0 spiro atoms. The number of benzene rings is 2. The van der Waals surface area contributed by atoms with Gasteiger partial charge in [0, 0.05) is 0 Å². The average molecular weight is 314 g/mol. The zero-order valence-corrected chi connectivity index (χ0v) is 13.0. The zero-order valence-electron chi connectivity index (χ0n) is 12.2. The molecule has 1 heterocycles. The van der Waals surface area contributed by atoms with Crippen LogP contribution in [0.4, 0.5) is 0 Å². The topological polar surface area (TPSA) is 57.5 Å². The van der Waals surface area contributed by atoms with Crippen molar-refractivity contribution in [3.8, 4) is 0 Å². The van der Waals surface area contributed by atoms with Gasteiger partial charge in [-0.25, -0.2) is 0 Å². The van der Waals surface area contributed by atoms with E-state index < -0.39 is 10.1 Å². The Morgan fingerprint density at radius 1 is 1.05 bits per heavy atom. The molecule has 0 aliphatic heterocycles. The second kappa shape index (κ2) is 5.94. The number of fused-ring (bicyclic) bond motifs is 1. The number of para-hydroxylation sites is 1. The normalized spacial score (nSPS) is 11.9. The first-order valence-electron chi connectivity index (χ1n) is 7.02. The van der Waals surface area contributed by atoms with Gasteiger partial charge in [-0.15, -0.1) is 5.52 Å². The van der Waals surface area contributed by atoms with Gasteiger partial charge in [-0.05, 0) is 30.9 Å². The molecule has 5 heteroatoms. The fourth-order valence-electron chi connectivity index (χ4n) is 2.23. The van der Waals surface area contributed by atoms with Crippen molar-refractivity contribution >= 4 is 21.0 Å². The Morgan fingerprint density at radius 3 is 2.50 bits per heavy atom. The van der Waals surface area contributed by atoms with E-state index >= 15 is 0 Å². The summed E-state index contributed by atoms with van der Waals surface area (Å²) in [6.07, 6.45) is 0.458. The second-order valence-corrected chi connectivity index (χ2v) is 6.76. The van der Waals surface area contributed by atoms with E-state index in [2.05, 4.69) is 4.98 Å². The molecule has 0 aliphatic rings. The van der Waals surface area contributed by atoms with Crippen molar-refractivity contribution in [2.24, 2.45) is 0 Å². The Balaban J connectivity index is 1.65. The highest BCUT2D eigenvalue weighted by molar-refractivity contribution is 7.86. The summed E-state index contributed by atoms with van der Waals surface area (Å²) in [6.45, 7) is 1.99. The fraction of sp³-hybridized carbons (Fsp3) is 0.176. The summed E-state index contributed by atoms with van der Waals surface area (Å²) < 4.78 is 29.2. The molecule has 114 valence electrons. The molecule has 0 amide bonds. The van der Waals surface area contributed by atoms with Gasteiger partial charge in [-0.1, -0.05) is 48.0 Å². The van der Waals surface area contributed by atoms with Crippen LogP contribution in [-0.4, -0.2) is 15.0 Å². The van der Waals surface area contributed by atoms with Gasteiger partial charge < -0.3 is 4.98 Å². The molecule has 0 saturated heterocycles. The maximum Gasteiger partial charge on any atom is 0.296 e. The maximum atomic E-state index is 12.1. The van der Waals surface area contributed by atoms with Gasteiger partial charge in [-0.3, -0.25) is 4.18 Å². The molecule has 2 aromatic carbocycles. The Hall–Kier alpha value is -2.11. The molecule has 0 radical (unpaired) electrons. The lowest BCUT2D eigenvalue weighted by molar-refractivity contribution is 0.321. The third kappa shape index (κ3) is 3.21. The van der Waals surface area contributed by atoms with E-state index in [4.69, 9.17) is 4.18 Å². The smallest absolute Gasteiger partial charge is 0.296 e. The number of aryl methyl sites for hydroxylation is 1. The fourth-order valence-corrected chi connectivity index (χ4v) is 3.14. The van der Waals surface area contributed by atoms with E-state index in [0.29, 0.717) is 6.42 Å². The van der Waals surface area contributed by atoms with Crippen molar-refractivity contribution < 1.29 is 12.6 Å². The van der Waals surface area contributed by atoms with Gasteiger partial charge >= 0.3 is 0 Å². The summed E-state index contributed by atoms with van der Waals surface area (Å²) in [4.78, 5) is 4.62. The minimum Gasteiger partial charge on any atom is -0.661 e. The first-order valence-corrected chi connectivity index (χ1v) is 8.43. The highest BCUT2D eigenvalue weighted by Gasteiger charge is 2.14. The standard InChI is InChI=1S/C17H16NO3S/c1-13-6-8-16(9-7-13)22(19,20)21-11-10-15-12-14-4-2-3-5-17(14)18-15/h2-9,12H,10-11H2,1H3/q-1. The van der Waals surface area contributed by atoms with Crippen molar-refractivity contribution in [2.45, 2.75) is 18.2 Å². The van der Waals surface area contributed by atoms with E-state index in [1.165, 1.54) is 0 Å². The maximum absolute atomic E-state index is 12.1. The first-order chi connectivity index (χ1) is 10.5. The van der Waals surface area contributed by atoms with Crippen LogP contribution in [0.3, 0.4) is 0 Å². The molecule has 0 fully saturated rings. The molecule has 4 nitrogen and oxygen atoms in total. The minimum atomic E-state index is -3.71. The molecule has 1 aromatic heterocycles. The Labute approximate surface area is 129 Å². The summed E-state index contributed by atoms with van der Waals surface area (Å²) in [5, 5.41) is 1.05. The Kier molecular flexibility index (Phi) is 4.00. The Morgan fingerprint density at radius 2 is 1.77 bits per heavy atom. The van der Waals surface area contributed by atoms with Gasteiger partial charge in [0.2, 0.25) is 0 Å². The number of rotatable bonds is 5. The van der Waals surface area contributed by atoms with Crippen LogP contribution in [-0.2, 0) is 20.7 Å². The number of aromatic nitrogens is 1. The van der Waals surface area contributed by atoms with Gasteiger partial charge in [0.05, 0.1) is 11.5 Å². The van der Waals surface area contributed by atoms with Gasteiger partial charge in [0.25, 0.3) is 10.1 Å². The molecular formula is C17H16NO3S-. The first kappa shape index (κ1) is 14.8. The van der Waals surface area contributed by atoms with Crippen LogP contribution >= 0.6 is 0 Å². The molecule has 0 aliphatic carbocycles. The predicted octanol–water partition coefficient (Wildman–Crippen LogP) is 3.05. The van der Waals surface area contributed by atoms with E-state index in [0.717, 1.165) is 22.2 Å². The van der Waals surface area contributed by atoms with Crippen LogP contribution in [0, 0.1) is 6.92 Å². The van der Waals surface area contributed by atoms with Crippen molar-refractivity contribution in [1.82, 2.24) is 4.98 Å². The largest absolute Gasteiger partial charge is 0.661 e.